The third kappa shape index (κ3) is 79.4. The molecule has 0 heteroatoms. The Hall–Kier alpha value is 0. The van der Waals surface area contributed by atoms with E-state index in [1.54, 1.807) is 0 Å². The normalized spacial score (nSPS) is 15.9. The molecule has 4 fully saturated rings. The van der Waals surface area contributed by atoms with Crippen molar-refractivity contribution in [3.05, 3.63) is 0 Å². The molecular formula is C70H152. The summed E-state index contributed by atoms with van der Waals surface area (Å²) in [6.07, 6.45) is 49.9. The van der Waals surface area contributed by atoms with Gasteiger partial charge in [0.2, 0.25) is 0 Å². The molecule has 0 heterocycles. The van der Waals surface area contributed by atoms with Crippen molar-refractivity contribution in [1.82, 2.24) is 0 Å². The lowest BCUT2D eigenvalue weighted by atomic mass is 9.78. The lowest BCUT2D eigenvalue weighted by Gasteiger charge is -2.28. The molecule has 0 bridgehead atoms. The molecule has 4 aliphatic rings. The Morgan fingerprint density at radius 3 is 0.886 bits per heavy atom. The predicted molar refractivity (Wildman–Crippen MR) is 335 cm³/mol. The van der Waals surface area contributed by atoms with Gasteiger partial charge in [-0.05, 0) is 71.0 Å². The molecule has 4 saturated carbocycles. The molecule has 0 aromatic heterocycles. The Bertz CT molecular complexity index is 804. The molecule has 4 rings (SSSR count). The number of hydrogen-bond donors (Lipinski definition) is 0. The second-order valence-electron chi connectivity index (χ2n) is 26.0. The van der Waals surface area contributed by atoms with Crippen molar-refractivity contribution >= 4 is 0 Å². The zero-order valence-electron chi connectivity index (χ0n) is 55.0. The predicted octanol–water partition coefficient (Wildman–Crippen LogP) is 27.2. The van der Waals surface area contributed by atoms with E-state index in [2.05, 4.69) is 166 Å². The van der Waals surface area contributed by atoms with Crippen LogP contribution in [0.2, 0.25) is 0 Å². The molecule has 0 nitrogen and oxygen atoms in total. The van der Waals surface area contributed by atoms with Gasteiger partial charge in [0.05, 0.1) is 0 Å². The molecule has 4 aliphatic carbocycles. The zero-order valence-corrected chi connectivity index (χ0v) is 55.0. The second kappa shape index (κ2) is 63.3. The fourth-order valence-corrected chi connectivity index (χ4v) is 9.07. The number of rotatable bonds is 21. The summed E-state index contributed by atoms with van der Waals surface area (Å²) < 4.78 is 0. The molecule has 0 aromatic carbocycles. The van der Waals surface area contributed by atoms with E-state index in [9.17, 15) is 0 Å². The van der Waals surface area contributed by atoms with Crippen LogP contribution in [0.1, 0.15) is 391 Å². The van der Waals surface area contributed by atoms with Crippen LogP contribution in [0.4, 0.5) is 0 Å². The first kappa shape index (κ1) is 81.4. The van der Waals surface area contributed by atoms with Gasteiger partial charge in [0.15, 0.2) is 0 Å². The van der Waals surface area contributed by atoms with E-state index in [4.69, 9.17) is 0 Å². The molecule has 0 aliphatic heterocycles. The molecule has 0 N–H and O–H groups in total. The van der Waals surface area contributed by atoms with Gasteiger partial charge in [-0.25, -0.2) is 0 Å². The summed E-state index contributed by atoms with van der Waals surface area (Å²) >= 11 is 0. The average Bonchev–Trinajstić information content (AvgIpc) is 3.93. The summed E-state index contributed by atoms with van der Waals surface area (Å²) in [5.74, 6) is 9.97. The van der Waals surface area contributed by atoms with Gasteiger partial charge in [-0.2, -0.15) is 0 Å². The van der Waals surface area contributed by atoms with E-state index in [1.165, 1.54) is 225 Å². The third-order valence-electron chi connectivity index (χ3n) is 15.4. The maximum Gasteiger partial charge on any atom is -0.0383 e. The third-order valence-corrected chi connectivity index (χ3v) is 15.4. The van der Waals surface area contributed by atoms with Crippen LogP contribution >= 0.6 is 0 Å². The van der Waals surface area contributed by atoms with E-state index < -0.39 is 0 Å². The summed E-state index contributed by atoms with van der Waals surface area (Å²) in [7, 11) is 0. The summed E-state index contributed by atoms with van der Waals surface area (Å²) in [5.41, 5.74) is 0.550. The van der Waals surface area contributed by atoms with Crippen LogP contribution in [0.5, 0.6) is 0 Å². The quantitative estimate of drug-likeness (QED) is 0.101. The Balaban J connectivity index is -0.000000163. The topological polar surface area (TPSA) is 0 Å². The van der Waals surface area contributed by atoms with Gasteiger partial charge in [0, 0.05) is 0 Å². The van der Waals surface area contributed by atoms with Crippen LogP contribution in [0.3, 0.4) is 0 Å². The molecule has 432 valence electrons. The van der Waals surface area contributed by atoms with Crippen LogP contribution in [-0.2, 0) is 0 Å². The van der Waals surface area contributed by atoms with Gasteiger partial charge in [-0.1, -0.05) is 384 Å². The minimum Gasteiger partial charge on any atom is -0.0654 e. The molecule has 1 atom stereocenters. The van der Waals surface area contributed by atoms with Crippen molar-refractivity contribution in [2.45, 2.75) is 391 Å². The van der Waals surface area contributed by atoms with Crippen molar-refractivity contribution in [3.8, 4) is 0 Å². The Kier molecular flexibility index (Phi) is 73.6. The fraction of sp³-hybridized carbons (Fsp3) is 1.00. The summed E-state index contributed by atoms with van der Waals surface area (Å²) in [4.78, 5) is 0. The van der Waals surface area contributed by atoms with Crippen LogP contribution in [0, 0.1) is 64.6 Å². The molecule has 0 radical (unpaired) electrons. The summed E-state index contributed by atoms with van der Waals surface area (Å²) in [6, 6.07) is 0. The first-order chi connectivity index (χ1) is 33.1. The Morgan fingerprint density at radius 2 is 0.757 bits per heavy atom. The monoisotopic (exact) mass is 993 g/mol. The van der Waals surface area contributed by atoms with Gasteiger partial charge in [0.1, 0.15) is 0 Å². The van der Waals surface area contributed by atoms with Crippen LogP contribution in [0.15, 0.2) is 0 Å². The lowest BCUT2D eigenvalue weighted by Crippen LogP contribution is -2.16. The molecule has 0 amide bonds. The highest BCUT2D eigenvalue weighted by Crippen LogP contribution is 2.33. The average molecular weight is 994 g/mol. The number of hydrogen-bond acceptors (Lipinski definition) is 0. The molecule has 0 aromatic rings. The van der Waals surface area contributed by atoms with Crippen LogP contribution < -0.4 is 0 Å². The van der Waals surface area contributed by atoms with Crippen molar-refractivity contribution in [2.24, 2.45) is 64.6 Å². The number of unbranched alkanes of at least 4 members (excludes halogenated alkanes) is 6. The van der Waals surface area contributed by atoms with E-state index in [-0.39, 0.29) is 0 Å². The van der Waals surface area contributed by atoms with Gasteiger partial charge < -0.3 is 0 Å². The molecule has 70 heavy (non-hydrogen) atoms. The van der Waals surface area contributed by atoms with Crippen LogP contribution in [0.25, 0.3) is 0 Å². The Morgan fingerprint density at radius 1 is 0.371 bits per heavy atom. The fourth-order valence-electron chi connectivity index (χ4n) is 9.07. The smallest absolute Gasteiger partial charge is 0.0383 e. The van der Waals surface area contributed by atoms with E-state index in [0.29, 0.717) is 5.41 Å². The highest BCUT2D eigenvalue weighted by Gasteiger charge is 2.20. The Labute approximate surface area is 453 Å². The minimum atomic E-state index is 0.550. The molecule has 0 spiro atoms. The molecule has 0 unspecified atom stereocenters. The van der Waals surface area contributed by atoms with Crippen molar-refractivity contribution in [3.63, 3.8) is 0 Å². The summed E-state index contributed by atoms with van der Waals surface area (Å²) in [5, 5.41) is 0. The zero-order chi connectivity index (χ0) is 55.0. The molecule has 0 saturated heterocycles. The second-order valence-corrected chi connectivity index (χ2v) is 26.0. The standard InChI is InChI=1S/C8H16.2C7H14.6C7H16.C6H12/c1-7(2)8-5-3-4-6-8;1-6(2)7-4-3-5-7;1-7-5-3-2-4-6-7;1-5-6-7(2,3)4;2*1-4-5-6-7(2)3;1-4-6-7(3)5-2;1-4-7(5-2)6-3;1-3-5-7-6-4-2;1-2-3-6-4-5-6/h7-8H,3-6H2,1-2H3;6-7H,3-5H2,1-2H3;7H,2-6H2,1H3;5-6H2,1-4H3;4*7H,4-6H2,1-3H3;3-7H2,1-2H3;6H,2-5H2,1H3/t;;;;;;7-;;;/m......1.../s1. The first-order valence-corrected chi connectivity index (χ1v) is 33.1. The van der Waals surface area contributed by atoms with E-state index >= 15 is 0 Å². The maximum absolute atomic E-state index is 2.36. The van der Waals surface area contributed by atoms with Crippen molar-refractivity contribution in [1.29, 1.82) is 0 Å². The van der Waals surface area contributed by atoms with Gasteiger partial charge in [-0.15, -0.1) is 0 Å². The van der Waals surface area contributed by atoms with Gasteiger partial charge in [-0.3, -0.25) is 0 Å². The highest BCUT2D eigenvalue weighted by atomic mass is 14.3. The van der Waals surface area contributed by atoms with E-state index in [1.807, 2.05) is 0 Å². The summed E-state index contributed by atoms with van der Waals surface area (Å²) in [6.45, 7) is 54.7. The van der Waals surface area contributed by atoms with E-state index in [0.717, 1.165) is 59.2 Å². The van der Waals surface area contributed by atoms with Crippen molar-refractivity contribution in [2.75, 3.05) is 0 Å². The van der Waals surface area contributed by atoms with Crippen molar-refractivity contribution < 1.29 is 0 Å². The van der Waals surface area contributed by atoms with Gasteiger partial charge in [0.25, 0.3) is 0 Å². The SMILES string of the molecule is CC(C)C1CCC1.CC(C)C1CCCC1.CC1CCCCC1.CCC(CC)CC.CCCC(C)(C)C.CCCC1CC1.CCCCC(C)C.CCCCC(C)C.CCCCCCC.CCC[C@H](C)CC. The largest absolute Gasteiger partial charge is 0.0654 e. The molecular weight excluding hydrogens is 841 g/mol. The van der Waals surface area contributed by atoms with Gasteiger partial charge >= 0.3 is 0 Å². The highest BCUT2D eigenvalue weighted by molar-refractivity contribution is 4.72. The minimum absolute atomic E-state index is 0.550. The first-order valence-electron chi connectivity index (χ1n) is 33.1. The lowest BCUT2D eigenvalue weighted by molar-refractivity contribution is 0.235. The van der Waals surface area contributed by atoms with Crippen LogP contribution in [-0.4, -0.2) is 0 Å². The maximum atomic E-state index is 2.36.